The van der Waals surface area contributed by atoms with Crippen LogP contribution in [0.15, 0.2) is 47.1 Å². The van der Waals surface area contributed by atoms with Crippen molar-refractivity contribution in [2.24, 2.45) is 0 Å². The molecule has 0 atom stereocenters. The first-order valence-corrected chi connectivity index (χ1v) is 9.20. The maximum Gasteiger partial charge on any atom is 0.261 e. The number of anilines is 1. The van der Waals surface area contributed by atoms with Crippen molar-refractivity contribution in [3.05, 3.63) is 59.8 Å². The number of rotatable bonds is 5. The molecule has 1 fully saturated rings. The fraction of sp³-hybridized carbons (Fsp3) is 0.250. The second-order valence-electron chi connectivity index (χ2n) is 7.05. The lowest BCUT2D eigenvalue weighted by Crippen LogP contribution is -2.16. The molecule has 4 aromatic rings. The van der Waals surface area contributed by atoms with E-state index >= 15 is 0 Å². The van der Waals surface area contributed by atoms with Crippen LogP contribution in [0, 0.1) is 6.92 Å². The average Bonchev–Trinajstić information content (AvgIpc) is 3.29. The molecule has 8 heteroatoms. The van der Waals surface area contributed by atoms with Crippen LogP contribution in [0.2, 0.25) is 0 Å². The molecule has 28 heavy (non-hydrogen) atoms. The third kappa shape index (κ3) is 3.13. The highest BCUT2D eigenvalue weighted by molar-refractivity contribution is 5.92. The molecule has 1 aromatic carbocycles. The number of carbonyl (C=O) groups excluding carboxylic acids is 1. The van der Waals surface area contributed by atoms with Crippen molar-refractivity contribution in [1.82, 2.24) is 24.7 Å². The zero-order valence-electron chi connectivity index (χ0n) is 15.3. The quantitative estimate of drug-likeness (QED) is 0.576. The Morgan fingerprint density at radius 2 is 2.04 bits per heavy atom. The lowest BCUT2D eigenvalue weighted by atomic mass is 10.2. The van der Waals surface area contributed by atoms with Crippen LogP contribution in [0.4, 0.5) is 5.69 Å². The average molecular weight is 374 g/mol. The molecular formula is C20H18N6O2. The summed E-state index contributed by atoms with van der Waals surface area (Å²) in [6.45, 7) is 2.00. The molecule has 0 unspecified atom stereocenters. The third-order valence-corrected chi connectivity index (χ3v) is 4.77. The van der Waals surface area contributed by atoms with Crippen LogP contribution in [0.1, 0.15) is 36.0 Å². The number of nitrogens with zero attached hydrogens (tertiary/aromatic N) is 5. The van der Waals surface area contributed by atoms with Gasteiger partial charge in [0, 0.05) is 17.8 Å². The van der Waals surface area contributed by atoms with Crippen LogP contribution in [0.25, 0.3) is 17.1 Å². The van der Waals surface area contributed by atoms with Crippen molar-refractivity contribution in [2.45, 2.75) is 32.1 Å². The fourth-order valence-corrected chi connectivity index (χ4v) is 3.09. The van der Waals surface area contributed by atoms with Crippen LogP contribution in [0.3, 0.4) is 0 Å². The second kappa shape index (κ2) is 6.56. The van der Waals surface area contributed by atoms with Gasteiger partial charge >= 0.3 is 0 Å². The van der Waals surface area contributed by atoms with Gasteiger partial charge in [-0.2, -0.15) is 4.98 Å². The van der Waals surface area contributed by atoms with Gasteiger partial charge in [0.15, 0.2) is 11.5 Å². The van der Waals surface area contributed by atoms with Gasteiger partial charge in [-0.3, -0.25) is 9.20 Å². The molecule has 1 aliphatic carbocycles. The SMILES string of the molecule is Cc1ccc(NC(=O)Cc2nnc3c(-c4nc(C5CC5)no4)cccn23)cc1. The van der Waals surface area contributed by atoms with Gasteiger partial charge in [-0.1, -0.05) is 22.9 Å². The Balaban J connectivity index is 1.39. The number of amides is 1. The normalized spacial score (nSPS) is 13.8. The molecule has 5 rings (SSSR count). The van der Waals surface area contributed by atoms with E-state index in [9.17, 15) is 4.79 Å². The zero-order valence-corrected chi connectivity index (χ0v) is 15.3. The minimum absolute atomic E-state index is 0.107. The fourth-order valence-electron chi connectivity index (χ4n) is 3.09. The monoisotopic (exact) mass is 374 g/mol. The van der Waals surface area contributed by atoms with Gasteiger partial charge in [0.2, 0.25) is 5.91 Å². The number of aryl methyl sites for hydroxylation is 1. The predicted molar refractivity (Wildman–Crippen MR) is 102 cm³/mol. The standard InChI is InChI=1S/C20H18N6O2/c1-12-4-8-14(9-5-12)21-17(27)11-16-23-24-19-15(3-2-10-26(16)19)20-22-18(25-28-20)13-6-7-13/h2-5,8-10,13H,6-7,11H2,1H3,(H,21,27). The number of pyridine rings is 1. The van der Waals surface area contributed by atoms with Crippen molar-refractivity contribution in [2.75, 3.05) is 5.32 Å². The highest BCUT2D eigenvalue weighted by atomic mass is 16.5. The molecule has 1 saturated carbocycles. The summed E-state index contributed by atoms with van der Waals surface area (Å²) in [6, 6.07) is 11.4. The molecule has 0 radical (unpaired) electrons. The maximum atomic E-state index is 12.4. The molecule has 0 saturated heterocycles. The summed E-state index contributed by atoms with van der Waals surface area (Å²) < 4.78 is 7.20. The summed E-state index contributed by atoms with van der Waals surface area (Å²) in [7, 11) is 0. The Morgan fingerprint density at radius 3 is 2.82 bits per heavy atom. The summed E-state index contributed by atoms with van der Waals surface area (Å²) in [5, 5.41) is 15.4. The molecule has 0 aliphatic heterocycles. The summed E-state index contributed by atoms with van der Waals surface area (Å²) in [4.78, 5) is 16.9. The van der Waals surface area contributed by atoms with E-state index in [0.29, 0.717) is 28.8 Å². The van der Waals surface area contributed by atoms with Gasteiger partial charge in [-0.05, 0) is 44.0 Å². The molecule has 0 bridgehead atoms. The lowest BCUT2D eigenvalue weighted by molar-refractivity contribution is -0.115. The number of aromatic nitrogens is 5. The first kappa shape index (κ1) is 16.6. The van der Waals surface area contributed by atoms with Gasteiger partial charge in [0.05, 0.1) is 12.0 Å². The van der Waals surface area contributed by atoms with Gasteiger partial charge in [-0.25, -0.2) is 0 Å². The van der Waals surface area contributed by atoms with E-state index in [2.05, 4.69) is 25.7 Å². The molecule has 1 aliphatic rings. The van der Waals surface area contributed by atoms with Crippen LogP contribution < -0.4 is 5.32 Å². The van der Waals surface area contributed by atoms with E-state index in [-0.39, 0.29) is 12.3 Å². The maximum absolute atomic E-state index is 12.4. The smallest absolute Gasteiger partial charge is 0.261 e. The minimum Gasteiger partial charge on any atom is -0.334 e. The number of hydrogen-bond donors (Lipinski definition) is 1. The Morgan fingerprint density at radius 1 is 1.21 bits per heavy atom. The van der Waals surface area contributed by atoms with Crippen LogP contribution in [0.5, 0.6) is 0 Å². The van der Waals surface area contributed by atoms with Crippen LogP contribution >= 0.6 is 0 Å². The number of nitrogens with one attached hydrogen (secondary N) is 1. The molecule has 8 nitrogen and oxygen atoms in total. The minimum atomic E-state index is -0.155. The van der Waals surface area contributed by atoms with Crippen molar-refractivity contribution in [1.29, 1.82) is 0 Å². The van der Waals surface area contributed by atoms with Gasteiger partial charge < -0.3 is 9.84 Å². The third-order valence-electron chi connectivity index (χ3n) is 4.77. The van der Waals surface area contributed by atoms with E-state index in [4.69, 9.17) is 4.52 Å². The van der Waals surface area contributed by atoms with Crippen LogP contribution in [-0.2, 0) is 11.2 Å². The molecular weight excluding hydrogens is 356 g/mol. The molecule has 0 spiro atoms. The van der Waals surface area contributed by atoms with Crippen molar-refractivity contribution >= 4 is 17.2 Å². The summed E-state index contributed by atoms with van der Waals surface area (Å²) in [5.41, 5.74) is 3.19. The molecule has 1 amide bonds. The van der Waals surface area contributed by atoms with Crippen molar-refractivity contribution < 1.29 is 9.32 Å². The van der Waals surface area contributed by atoms with Gasteiger partial charge in [0.25, 0.3) is 5.89 Å². The Kier molecular flexibility index (Phi) is 3.89. The summed E-state index contributed by atoms with van der Waals surface area (Å²) in [6.07, 6.45) is 4.14. The first-order chi connectivity index (χ1) is 13.7. The van der Waals surface area contributed by atoms with E-state index in [0.717, 1.165) is 29.9 Å². The van der Waals surface area contributed by atoms with E-state index < -0.39 is 0 Å². The molecule has 3 aromatic heterocycles. The molecule has 1 N–H and O–H groups in total. The molecule has 140 valence electrons. The Hall–Kier alpha value is -3.55. The largest absolute Gasteiger partial charge is 0.334 e. The van der Waals surface area contributed by atoms with E-state index in [1.54, 1.807) is 4.40 Å². The number of benzene rings is 1. The highest BCUT2D eigenvalue weighted by Crippen LogP contribution is 2.39. The highest BCUT2D eigenvalue weighted by Gasteiger charge is 2.29. The number of fused-ring (bicyclic) bond motifs is 1. The van der Waals surface area contributed by atoms with Crippen molar-refractivity contribution in [3.8, 4) is 11.5 Å². The predicted octanol–water partition coefficient (Wildman–Crippen LogP) is 3.15. The van der Waals surface area contributed by atoms with Gasteiger partial charge in [-0.15, -0.1) is 10.2 Å². The van der Waals surface area contributed by atoms with E-state index in [1.165, 1.54) is 0 Å². The van der Waals surface area contributed by atoms with Crippen molar-refractivity contribution in [3.63, 3.8) is 0 Å². The Labute approximate surface area is 160 Å². The van der Waals surface area contributed by atoms with E-state index in [1.807, 2.05) is 49.5 Å². The number of carbonyl (C=O) groups is 1. The lowest BCUT2D eigenvalue weighted by Gasteiger charge is -2.05. The zero-order chi connectivity index (χ0) is 19.1. The van der Waals surface area contributed by atoms with Crippen LogP contribution in [-0.4, -0.2) is 30.6 Å². The van der Waals surface area contributed by atoms with Gasteiger partial charge in [0.1, 0.15) is 5.82 Å². The summed E-state index contributed by atoms with van der Waals surface area (Å²) >= 11 is 0. The first-order valence-electron chi connectivity index (χ1n) is 9.20. The number of hydrogen-bond acceptors (Lipinski definition) is 6. The second-order valence-corrected chi connectivity index (χ2v) is 7.05. The Bertz CT molecular complexity index is 1160. The topological polar surface area (TPSA) is 98.2 Å². The molecule has 3 heterocycles. The summed E-state index contributed by atoms with van der Waals surface area (Å²) in [5.74, 6) is 1.97.